The molecule has 2 atom stereocenters. The van der Waals surface area contributed by atoms with Crippen LogP contribution in [0.1, 0.15) is 37.7 Å². The second-order valence-corrected chi connectivity index (χ2v) is 11.3. The quantitative estimate of drug-likeness (QED) is 0.409. The third kappa shape index (κ3) is 8.47. The summed E-state index contributed by atoms with van der Waals surface area (Å²) < 4.78 is 5.84. The molecule has 1 aliphatic carbocycles. The van der Waals surface area contributed by atoms with Crippen molar-refractivity contribution in [1.29, 1.82) is 0 Å². The predicted molar refractivity (Wildman–Crippen MR) is 145 cm³/mol. The van der Waals surface area contributed by atoms with Crippen molar-refractivity contribution < 1.29 is 14.3 Å². The van der Waals surface area contributed by atoms with Crippen molar-refractivity contribution in [3.63, 3.8) is 0 Å². The molecule has 0 aromatic heterocycles. The molecule has 0 spiro atoms. The van der Waals surface area contributed by atoms with E-state index < -0.39 is 6.04 Å². The smallest absolute Gasteiger partial charge is 0.243 e. The van der Waals surface area contributed by atoms with Gasteiger partial charge < -0.3 is 15.4 Å². The molecule has 1 saturated carbocycles. The van der Waals surface area contributed by atoms with Gasteiger partial charge in [0.15, 0.2) is 0 Å². The molecule has 188 valence electrons. The van der Waals surface area contributed by atoms with Gasteiger partial charge in [-0.2, -0.15) is 11.8 Å². The highest BCUT2D eigenvalue weighted by Crippen LogP contribution is 2.27. The first-order valence-electron chi connectivity index (χ1n) is 12.5. The summed E-state index contributed by atoms with van der Waals surface area (Å²) in [6, 6.07) is 16.6. The van der Waals surface area contributed by atoms with Gasteiger partial charge >= 0.3 is 0 Å². The Hall–Kier alpha value is -2.16. The molecule has 1 saturated heterocycles. The molecule has 2 aliphatic rings. The van der Waals surface area contributed by atoms with Gasteiger partial charge in [0.2, 0.25) is 11.8 Å². The maximum Gasteiger partial charge on any atom is 0.243 e. The molecular formula is C27H35N3O3S2. The first-order valence-corrected chi connectivity index (χ1v) is 14.8. The summed E-state index contributed by atoms with van der Waals surface area (Å²) in [7, 11) is 0. The minimum atomic E-state index is -0.538. The van der Waals surface area contributed by atoms with E-state index >= 15 is 0 Å². The first-order chi connectivity index (χ1) is 17.2. The molecule has 0 radical (unpaired) electrons. The van der Waals surface area contributed by atoms with Crippen LogP contribution >= 0.6 is 23.5 Å². The normalized spacial score (nSPS) is 19.1. The maximum atomic E-state index is 13.1. The van der Waals surface area contributed by atoms with Crippen molar-refractivity contribution in [2.75, 3.05) is 23.1 Å². The minimum absolute atomic E-state index is 0.0872. The summed E-state index contributed by atoms with van der Waals surface area (Å²) in [5.41, 5.74) is 0.979. The monoisotopic (exact) mass is 513 g/mol. The number of carbonyl (C=O) groups is 2. The molecule has 2 aromatic rings. The fraction of sp³-hybridized carbons (Fsp3) is 0.481. The van der Waals surface area contributed by atoms with Crippen LogP contribution in [-0.2, 0) is 16.1 Å². The minimum Gasteiger partial charge on any atom is -0.457 e. The molecule has 1 heterocycles. The summed E-state index contributed by atoms with van der Waals surface area (Å²) >= 11 is 3.49. The van der Waals surface area contributed by atoms with Crippen LogP contribution in [0.15, 0.2) is 54.6 Å². The number of rotatable bonds is 11. The number of para-hydroxylation sites is 1. The van der Waals surface area contributed by atoms with Crippen molar-refractivity contribution in [3.8, 4) is 11.5 Å². The van der Waals surface area contributed by atoms with E-state index in [4.69, 9.17) is 4.74 Å². The largest absolute Gasteiger partial charge is 0.457 e. The number of hydrogen-bond acceptors (Lipinski definition) is 6. The number of thioether (sulfide) groups is 2. The van der Waals surface area contributed by atoms with E-state index in [1.165, 1.54) is 32.1 Å². The van der Waals surface area contributed by atoms with E-state index in [0.717, 1.165) is 40.4 Å². The fourth-order valence-corrected chi connectivity index (χ4v) is 6.55. The van der Waals surface area contributed by atoms with Crippen LogP contribution in [0.5, 0.6) is 11.5 Å². The molecule has 3 N–H and O–H groups in total. The van der Waals surface area contributed by atoms with E-state index in [1.807, 2.05) is 54.6 Å². The zero-order chi connectivity index (χ0) is 24.3. The van der Waals surface area contributed by atoms with Gasteiger partial charge in [0.05, 0.1) is 6.04 Å². The van der Waals surface area contributed by atoms with Crippen LogP contribution in [0, 0.1) is 5.92 Å². The van der Waals surface area contributed by atoms with Crippen molar-refractivity contribution in [3.05, 3.63) is 60.2 Å². The molecule has 2 fully saturated rings. The number of hydrogen-bond donors (Lipinski definition) is 3. The predicted octanol–water partition coefficient (Wildman–Crippen LogP) is 4.56. The topological polar surface area (TPSA) is 79.5 Å². The first kappa shape index (κ1) is 25.9. The molecule has 6 nitrogen and oxygen atoms in total. The Bertz CT molecular complexity index is 930. The van der Waals surface area contributed by atoms with Crippen LogP contribution in [-0.4, -0.2) is 47.0 Å². The van der Waals surface area contributed by atoms with Crippen molar-refractivity contribution in [2.24, 2.45) is 5.92 Å². The molecule has 1 aliphatic heterocycles. The van der Waals surface area contributed by atoms with Crippen LogP contribution < -0.4 is 20.7 Å². The summed E-state index contributed by atoms with van der Waals surface area (Å²) in [4.78, 5) is 25.8. The van der Waals surface area contributed by atoms with Crippen molar-refractivity contribution in [1.82, 2.24) is 16.0 Å². The van der Waals surface area contributed by atoms with Gasteiger partial charge in [-0.1, -0.05) is 49.6 Å². The SMILES string of the molecule is O=C(NC(CSCC1CCCCC1)C(=O)NCc1ccc(Oc2ccccc2)cc1)C1CSCN1. The summed E-state index contributed by atoms with van der Waals surface area (Å²) in [6.45, 7) is 0.404. The van der Waals surface area contributed by atoms with E-state index in [2.05, 4.69) is 16.0 Å². The third-order valence-electron chi connectivity index (χ3n) is 6.40. The van der Waals surface area contributed by atoms with E-state index in [0.29, 0.717) is 12.3 Å². The van der Waals surface area contributed by atoms with E-state index in [1.54, 1.807) is 23.5 Å². The Morgan fingerprint density at radius 2 is 1.77 bits per heavy atom. The second-order valence-electron chi connectivity index (χ2n) is 9.15. The zero-order valence-corrected chi connectivity index (χ0v) is 21.7. The van der Waals surface area contributed by atoms with Gasteiger partial charge in [0, 0.05) is 23.9 Å². The highest BCUT2D eigenvalue weighted by Gasteiger charge is 2.28. The highest BCUT2D eigenvalue weighted by atomic mass is 32.2. The third-order valence-corrected chi connectivity index (χ3v) is 8.61. The average Bonchev–Trinajstić information content (AvgIpc) is 3.44. The van der Waals surface area contributed by atoms with Gasteiger partial charge in [-0.25, -0.2) is 0 Å². The number of benzene rings is 2. The van der Waals surface area contributed by atoms with Gasteiger partial charge in [-0.05, 0) is 54.3 Å². The lowest BCUT2D eigenvalue weighted by Gasteiger charge is -2.23. The lowest BCUT2D eigenvalue weighted by Crippen LogP contribution is -2.53. The van der Waals surface area contributed by atoms with Crippen LogP contribution in [0.25, 0.3) is 0 Å². The Morgan fingerprint density at radius 1 is 1.03 bits per heavy atom. The number of amides is 2. The van der Waals surface area contributed by atoms with Gasteiger partial charge in [-0.15, -0.1) is 11.8 Å². The molecule has 0 bridgehead atoms. The lowest BCUT2D eigenvalue weighted by molar-refractivity contribution is -0.129. The van der Waals surface area contributed by atoms with Crippen molar-refractivity contribution in [2.45, 2.75) is 50.7 Å². The Labute approximate surface area is 216 Å². The zero-order valence-electron chi connectivity index (χ0n) is 20.0. The lowest BCUT2D eigenvalue weighted by atomic mass is 9.91. The molecule has 2 amide bonds. The van der Waals surface area contributed by atoms with E-state index in [9.17, 15) is 9.59 Å². The molecular weight excluding hydrogens is 478 g/mol. The van der Waals surface area contributed by atoms with Gasteiger partial charge in [-0.3, -0.25) is 14.9 Å². The fourth-order valence-electron chi connectivity index (χ4n) is 4.34. The summed E-state index contributed by atoms with van der Waals surface area (Å²) in [5.74, 6) is 5.21. The molecule has 2 aromatic carbocycles. The number of ether oxygens (including phenoxy) is 1. The molecule has 35 heavy (non-hydrogen) atoms. The molecule has 4 rings (SSSR count). The summed E-state index contributed by atoms with van der Waals surface area (Å²) in [5, 5.41) is 9.21. The standard InChI is InChI=1S/C27H35N3O3S2/c31-26(28-15-20-11-13-23(14-12-20)33-22-9-5-2-6-10-22)25(30-27(32)24-17-35-19-29-24)18-34-16-21-7-3-1-4-8-21/h2,5-6,9-14,21,24-25,29H,1,3-4,7-8,15-19H2,(H,28,31)(H,30,32). The van der Waals surface area contributed by atoms with Crippen molar-refractivity contribution >= 4 is 35.3 Å². The maximum absolute atomic E-state index is 13.1. The highest BCUT2D eigenvalue weighted by molar-refractivity contribution is 7.99. The number of nitrogens with one attached hydrogen (secondary N) is 3. The van der Waals surface area contributed by atoms with E-state index in [-0.39, 0.29) is 17.9 Å². The van der Waals surface area contributed by atoms with Gasteiger partial charge in [0.25, 0.3) is 0 Å². The van der Waals surface area contributed by atoms with Gasteiger partial charge in [0.1, 0.15) is 17.5 Å². The Morgan fingerprint density at radius 3 is 2.49 bits per heavy atom. The van der Waals surface area contributed by atoms with Crippen LogP contribution in [0.4, 0.5) is 0 Å². The van der Waals surface area contributed by atoms with Crippen LogP contribution in [0.3, 0.4) is 0 Å². The molecule has 2 unspecified atom stereocenters. The second kappa shape index (κ2) is 13.8. The Kier molecular flexibility index (Phi) is 10.2. The average molecular weight is 514 g/mol. The molecule has 8 heteroatoms. The summed E-state index contributed by atoms with van der Waals surface area (Å²) in [6.07, 6.45) is 6.53. The van der Waals surface area contributed by atoms with Crippen LogP contribution in [0.2, 0.25) is 0 Å². The number of carbonyl (C=O) groups excluding carboxylic acids is 2. The Balaban J connectivity index is 1.28.